The lowest BCUT2D eigenvalue weighted by atomic mass is 10.0. The molecule has 0 radical (unpaired) electrons. The minimum Gasteiger partial charge on any atom is -0.497 e. The smallest absolute Gasteiger partial charge is 0.130 e. The molecule has 0 saturated carbocycles. The maximum absolute atomic E-state index is 9.11. The number of aromatic amines is 1. The average molecular weight is 313 g/mol. The molecule has 1 N–H and O–H groups in total. The summed E-state index contributed by atoms with van der Waals surface area (Å²) in [6.07, 6.45) is 1.63. The SMILES string of the molecule is COc1ccc2c(C=C(C#N)C#N)c(-c3ccc(C)cc3)[nH]c2c1. The van der Waals surface area contributed by atoms with Crippen LogP contribution in [-0.2, 0) is 0 Å². The molecule has 0 unspecified atom stereocenters. The second-order valence-electron chi connectivity index (χ2n) is 5.47. The zero-order valence-corrected chi connectivity index (χ0v) is 13.4. The highest BCUT2D eigenvalue weighted by molar-refractivity contribution is 5.98. The first kappa shape index (κ1) is 15.4. The van der Waals surface area contributed by atoms with Crippen molar-refractivity contribution in [3.63, 3.8) is 0 Å². The van der Waals surface area contributed by atoms with E-state index in [1.54, 1.807) is 13.2 Å². The van der Waals surface area contributed by atoms with Crippen LogP contribution in [0, 0.1) is 29.6 Å². The third kappa shape index (κ3) is 2.74. The van der Waals surface area contributed by atoms with Crippen molar-refractivity contribution in [1.29, 1.82) is 10.5 Å². The van der Waals surface area contributed by atoms with Gasteiger partial charge in [-0.3, -0.25) is 0 Å². The van der Waals surface area contributed by atoms with Crippen LogP contribution in [0.15, 0.2) is 48.0 Å². The van der Waals surface area contributed by atoms with E-state index in [9.17, 15) is 0 Å². The number of ether oxygens (including phenoxy) is 1. The number of benzene rings is 2. The van der Waals surface area contributed by atoms with E-state index in [0.29, 0.717) is 0 Å². The third-order valence-corrected chi connectivity index (χ3v) is 3.92. The van der Waals surface area contributed by atoms with Crippen LogP contribution in [0.3, 0.4) is 0 Å². The van der Waals surface area contributed by atoms with Crippen LogP contribution >= 0.6 is 0 Å². The molecular weight excluding hydrogens is 298 g/mol. The van der Waals surface area contributed by atoms with Crippen LogP contribution in [0.2, 0.25) is 0 Å². The first-order valence-electron chi connectivity index (χ1n) is 7.45. The molecule has 3 aromatic rings. The lowest BCUT2D eigenvalue weighted by molar-refractivity contribution is 0.415. The van der Waals surface area contributed by atoms with E-state index >= 15 is 0 Å². The number of aromatic nitrogens is 1. The average Bonchev–Trinajstić information content (AvgIpc) is 2.97. The summed E-state index contributed by atoms with van der Waals surface area (Å²) >= 11 is 0. The van der Waals surface area contributed by atoms with E-state index in [-0.39, 0.29) is 5.57 Å². The Hall–Kier alpha value is -3.50. The van der Waals surface area contributed by atoms with Crippen LogP contribution in [0.4, 0.5) is 0 Å². The quantitative estimate of drug-likeness (QED) is 0.719. The predicted molar refractivity (Wildman–Crippen MR) is 94.2 cm³/mol. The number of nitriles is 2. The van der Waals surface area contributed by atoms with Crippen LogP contribution in [0.25, 0.3) is 28.2 Å². The maximum atomic E-state index is 9.11. The van der Waals surface area contributed by atoms with Gasteiger partial charge in [-0.25, -0.2) is 0 Å². The topological polar surface area (TPSA) is 72.6 Å². The molecule has 3 rings (SSSR count). The Bertz CT molecular complexity index is 996. The van der Waals surface area contributed by atoms with Gasteiger partial charge in [0.1, 0.15) is 23.5 Å². The molecule has 0 aliphatic heterocycles. The highest BCUT2D eigenvalue weighted by Gasteiger charge is 2.13. The summed E-state index contributed by atoms with van der Waals surface area (Å²) in [5, 5.41) is 19.2. The van der Waals surface area contributed by atoms with Gasteiger partial charge in [0.25, 0.3) is 0 Å². The van der Waals surface area contributed by atoms with Gasteiger partial charge in [0.15, 0.2) is 0 Å². The van der Waals surface area contributed by atoms with Crippen LogP contribution in [0.1, 0.15) is 11.1 Å². The van der Waals surface area contributed by atoms with Crippen molar-refractivity contribution in [2.24, 2.45) is 0 Å². The summed E-state index contributed by atoms with van der Waals surface area (Å²) in [6, 6.07) is 17.7. The van der Waals surface area contributed by atoms with Gasteiger partial charge in [0.2, 0.25) is 0 Å². The first-order valence-corrected chi connectivity index (χ1v) is 7.45. The molecule has 0 spiro atoms. The van der Waals surface area contributed by atoms with Gasteiger partial charge in [0, 0.05) is 17.0 Å². The number of nitrogens with zero attached hydrogens (tertiary/aromatic N) is 2. The molecule has 1 heterocycles. The molecule has 4 nitrogen and oxygen atoms in total. The Balaban J connectivity index is 2.30. The fourth-order valence-corrected chi connectivity index (χ4v) is 2.66. The Morgan fingerprint density at radius 3 is 2.42 bits per heavy atom. The summed E-state index contributed by atoms with van der Waals surface area (Å²) in [6.45, 7) is 2.03. The minimum atomic E-state index is 0.0695. The molecule has 2 aromatic carbocycles. The number of H-pyrrole nitrogens is 1. The molecule has 0 fully saturated rings. The van der Waals surface area contributed by atoms with E-state index in [2.05, 4.69) is 4.98 Å². The van der Waals surface area contributed by atoms with Crippen molar-refractivity contribution in [1.82, 2.24) is 4.98 Å². The number of fused-ring (bicyclic) bond motifs is 1. The van der Waals surface area contributed by atoms with Crippen molar-refractivity contribution in [3.8, 4) is 29.1 Å². The number of methoxy groups -OCH3 is 1. The fraction of sp³-hybridized carbons (Fsp3) is 0.100. The van der Waals surface area contributed by atoms with Crippen LogP contribution in [-0.4, -0.2) is 12.1 Å². The van der Waals surface area contributed by atoms with E-state index in [1.165, 1.54) is 5.56 Å². The van der Waals surface area contributed by atoms with Crippen molar-refractivity contribution >= 4 is 17.0 Å². The van der Waals surface area contributed by atoms with E-state index in [4.69, 9.17) is 15.3 Å². The molecule has 1 aromatic heterocycles. The lowest BCUT2D eigenvalue weighted by Crippen LogP contribution is -1.83. The molecular formula is C20H15N3O. The molecule has 0 bridgehead atoms. The van der Waals surface area contributed by atoms with Crippen molar-refractivity contribution in [3.05, 3.63) is 59.2 Å². The number of nitrogens with one attached hydrogen (secondary N) is 1. The van der Waals surface area contributed by atoms with Gasteiger partial charge >= 0.3 is 0 Å². The van der Waals surface area contributed by atoms with Crippen LogP contribution in [0.5, 0.6) is 5.75 Å². The molecule has 24 heavy (non-hydrogen) atoms. The van der Waals surface area contributed by atoms with Crippen molar-refractivity contribution in [2.45, 2.75) is 6.92 Å². The number of hydrogen-bond acceptors (Lipinski definition) is 3. The van der Waals surface area contributed by atoms with Crippen molar-refractivity contribution < 1.29 is 4.74 Å². The molecule has 0 amide bonds. The highest BCUT2D eigenvalue weighted by atomic mass is 16.5. The number of hydrogen-bond donors (Lipinski definition) is 1. The molecule has 0 aliphatic carbocycles. The molecule has 0 atom stereocenters. The number of aryl methyl sites for hydroxylation is 1. The Morgan fingerprint density at radius 2 is 1.79 bits per heavy atom. The Labute approximate surface area is 140 Å². The van der Waals surface area contributed by atoms with E-state index < -0.39 is 0 Å². The first-order chi connectivity index (χ1) is 11.7. The van der Waals surface area contributed by atoms with Gasteiger partial charge in [-0.05, 0) is 30.7 Å². The van der Waals surface area contributed by atoms with Gasteiger partial charge in [-0.2, -0.15) is 10.5 Å². The van der Waals surface area contributed by atoms with E-state index in [0.717, 1.165) is 33.5 Å². The van der Waals surface area contributed by atoms with Gasteiger partial charge in [0.05, 0.1) is 18.3 Å². The summed E-state index contributed by atoms with van der Waals surface area (Å²) in [7, 11) is 1.62. The largest absolute Gasteiger partial charge is 0.497 e. The molecule has 0 aliphatic rings. The Morgan fingerprint density at radius 1 is 1.08 bits per heavy atom. The fourth-order valence-electron chi connectivity index (χ4n) is 2.66. The summed E-state index contributed by atoms with van der Waals surface area (Å²) in [4.78, 5) is 3.38. The molecule has 4 heteroatoms. The summed E-state index contributed by atoms with van der Waals surface area (Å²) in [5.74, 6) is 0.746. The second kappa shape index (κ2) is 6.32. The van der Waals surface area contributed by atoms with Gasteiger partial charge in [-0.15, -0.1) is 0 Å². The Kier molecular flexibility index (Phi) is 4.05. The van der Waals surface area contributed by atoms with E-state index in [1.807, 2.05) is 61.5 Å². The van der Waals surface area contributed by atoms with Crippen molar-refractivity contribution in [2.75, 3.05) is 7.11 Å². The predicted octanol–water partition coefficient (Wildman–Crippen LogP) is 4.58. The number of allylic oxidation sites excluding steroid dienone is 1. The third-order valence-electron chi connectivity index (χ3n) is 3.92. The van der Waals surface area contributed by atoms with Gasteiger partial charge < -0.3 is 9.72 Å². The van der Waals surface area contributed by atoms with Crippen LogP contribution < -0.4 is 4.74 Å². The van der Waals surface area contributed by atoms with Gasteiger partial charge in [-0.1, -0.05) is 29.8 Å². The zero-order chi connectivity index (χ0) is 17.1. The summed E-state index contributed by atoms with van der Waals surface area (Å²) < 4.78 is 5.28. The molecule has 116 valence electrons. The highest BCUT2D eigenvalue weighted by Crippen LogP contribution is 2.34. The lowest BCUT2D eigenvalue weighted by Gasteiger charge is -2.02. The number of rotatable bonds is 3. The minimum absolute atomic E-state index is 0.0695. The summed E-state index contributed by atoms with van der Waals surface area (Å²) in [5.41, 5.74) is 4.84. The normalized spacial score (nSPS) is 10.0. The standard InChI is InChI=1S/C20H15N3O/c1-13-3-5-15(6-4-13)20-18(9-14(11-21)12-22)17-8-7-16(24-2)10-19(17)23-20/h3-10,23H,1-2H3. The monoisotopic (exact) mass is 313 g/mol. The second-order valence-corrected chi connectivity index (χ2v) is 5.47. The molecule has 0 saturated heterocycles. The maximum Gasteiger partial charge on any atom is 0.130 e. The zero-order valence-electron chi connectivity index (χ0n) is 13.4.